The van der Waals surface area contributed by atoms with Crippen LogP contribution < -0.4 is 15.9 Å². The van der Waals surface area contributed by atoms with Gasteiger partial charge in [0.1, 0.15) is 0 Å². The number of benzene rings is 3. The van der Waals surface area contributed by atoms with Gasteiger partial charge in [-0.15, -0.1) is 0 Å². The number of aliphatic carboxylic acids is 1. The fourth-order valence-electron chi connectivity index (χ4n) is 3.52. The number of alkyl halides is 1. The third-order valence-electron chi connectivity index (χ3n) is 5.19. The van der Waals surface area contributed by atoms with E-state index in [0.717, 1.165) is 15.9 Å². The van der Waals surface area contributed by atoms with Gasteiger partial charge in [-0.1, -0.05) is 107 Å². The monoisotopic (exact) mass is 501 g/mol. The molecule has 7 heteroatoms. The van der Waals surface area contributed by atoms with Crippen LogP contribution in [0, 0.1) is 0 Å². The summed E-state index contributed by atoms with van der Waals surface area (Å²) in [5.74, 6) is -2.54. The molecule has 1 unspecified atom stereocenters. The molecule has 1 N–H and O–H groups in total. The molecule has 3 aromatic rings. The Kier molecular flexibility index (Phi) is 7.84. The molecule has 0 aliphatic rings. The predicted octanol–water partition coefficient (Wildman–Crippen LogP) is 4.00. The molecule has 162 valence electrons. The van der Waals surface area contributed by atoms with Gasteiger partial charge in [0.15, 0.2) is 4.83 Å². The molecule has 0 radical (unpaired) electrons. The van der Waals surface area contributed by atoms with Crippen LogP contribution in [0.5, 0.6) is 0 Å². The lowest BCUT2D eigenvalue weighted by Crippen LogP contribution is -2.49. The van der Waals surface area contributed by atoms with E-state index in [9.17, 15) is 9.90 Å². The fourth-order valence-corrected chi connectivity index (χ4v) is 7.64. The average molecular weight is 502 g/mol. The summed E-state index contributed by atoms with van der Waals surface area (Å²) in [7, 11) is 0.374. The number of nitrogens with zero attached hydrogens (tertiary/aromatic N) is 1. The Hall–Kier alpha value is -2.24. The fraction of sp³-hybridized carbons (Fsp3) is 0.208. The van der Waals surface area contributed by atoms with Gasteiger partial charge in [-0.25, -0.2) is 0 Å². The largest absolute Gasteiger partial charge is 0.480 e. The minimum absolute atomic E-state index is 0.0225. The SMILES string of the molecule is COC(CN=P(c1ccccc1)(c1ccccc1)c1ccccc1)(OC)C(Br)C(=O)O. The van der Waals surface area contributed by atoms with Gasteiger partial charge in [0.2, 0.25) is 5.79 Å². The zero-order valence-corrected chi connectivity index (χ0v) is 19.9. The Balaban J connectivity index is 2.34. The highest BCUT2D eigenvalue weighted by Gasteiger charge is 2.44. The van der Waals surface area contributed by atoms with Crippen LogP contribution in [0.4, 0.5) is 0 Å². The molecular formula is C24H25BrNO4P. The number of carboxylic acid groups (broad SMARTS) is 1. The number of rotatable bonds is 9. The Labute approximate surface area is 191 Å². The van der Waals surface area contributed by atoms with Crippen molar-refractivity contribution in [2.75, 3.05) is 20.8 Å². The number of hydrogen-bond acceptors (Lipinski definition) is 4. The highest BCUT2D eigenvalue weighted by Crippen LogP contribution is 2.47. The van der Waals surface area contributed by atoms with Crippen molar-refractivity contribution in [3.63, 3.8) is 0 Å². The zero-order chi connectivity index (χ0) is 22.3. The molecule has 0 aliphatic heterocycles. The molecule has 0 fully saturated rings. The van der Waals surface area contributed by atoms with E-state index < -0.39 is 23.6 Å². The van der Waals surface area contributed by atoms with Crippen LogP contribution in [0.3, 0.4) is 0 Å². The van der Waals surface area contributed by atoms with Gasteiger partial charge in [0, 0.05) is 30.1 Å². The molecule has 0 spiro atoms. The van der Waals surface area contributed by atoms with Gasteiger partial charge >= 0.3 is 5.97 Å². The van der Waals surface area contributed by atoms with E-state index >= 15 is 0 Å². The normalized spacial score (nSPS) is 12.9. The summed E-state index contributed by atoms with van der Waals surface area (Å²) < 4.78 is 16.4. The van der Waals surface area contributed by atoms with Crippen LogP contribution in [0.15, 0.2) is 95.7 Å². The summed E-state index contributed by atoms with van der Waals surface area (Å²) >= 11 is 3.23. The van der Waals surface area contributed by atoms with Crippen LogP contribution in [-0.4, -0.2) is 42.5 Å². The second-order valence-electron chi connectivity index (χ2n) is 6.86. The quantitative estimate of drug-likeness (QED) is 0.273. The minimum Gasteiger partial charge on any atom is -0.480 e. The average Bonchev–Trinajstić information content (AvgIpc) is 2.84. The number of carbonyl (C=O) groups is 1. The molecule has 3 rings (SSSR count). The van der Waals surface area contributed by atoms with Crippen LogP contribution in [0.25, 0.3) is 0 Å². The highest BCUT2D eigenvalue weighted by molar-refractivity contribution is 9.10. The van der Waals surface area contributed by atoms with Crippen LogP contribution in [-0.2, 0) is 14.3 Å². The van der Waals surface area contributed by atoms with Crippen molar-refractivity contribution in [3.8, 4) is 0 Å². The molecular weight excluding hydrogens is 477 g/mol. The molecule has 0 amide bonds. The molecule has 0 saturated carbocycles. The minimum atomic E-state index is -2.49. The van der Waals surface area contributed by atoms with Crippen LogP contribution in [0.1, 0.15) is 0 Å². The predicted molar refractivity (Wildman–Crippen MR) is 130 cm³/mol. The molecule has 5 nitrogen and oxygen atoms in total. The maximum Gasteiger partial charge on any atom is 0.322 e. The number of ether oxygens (including phenoxy) is 2. The second-order valence-corrected chi connectivity index (χ2v) is 10.9. The van der Waals surface area contributed by atoms with Crippen LogP contribution in [0.2, 0.25) is 0 Å². The second kappa shape index (κ2) is 10.4. The Bertz CT molecular complexity index is 938. The van der Waals surface area contributed by atoms with E-state index in [0.29, 0.717) is 0 Å². The Morgan fingerprint density at radius 1 is 0.871 bits per heavy atom. The lowest BCUT2D eigenvalue weighted by molar-refractivity contribution is -0.202. The molecule has 0 aliphatic carbocycles. The van der Waals surface area contributed by atoms with E-state index in [1.165, 1.54) is 14.2 Å². The highest BCUT2D eigenvalue weighted by atomic mass is 79.9. The van der Waals surface area contributed by atoms with Gasteiger partial charge in [0.05, 0.1) is 13.6 Å². The Morgan fingerprint density at radius 2 is 1.23 bits per heavy atom. The molecule has 3 aromatic carbocycles. The molecule has 0 saturated heterocycles. The van der Waals surface area contributed by atoms with Gasteiger partial charge in [0.25, 0.3) is 0 Å². The summed E-state index contributed by atoms with van der Waals surface area (Å²) in [5.41, 5.74) is 0. The van der Waals surface area contributed by atoms with E-state index in [-0.39, 0.29) is 6.54 Å². The standard InChI is InChI=1S/C24H25BrNO4P/c1-29-24(30-2,22(25)23(27)28)18-26-31(19-12-6-3-7-13-19,20-14-8-4-9-15-20)21-16-10-5-11-17-21/h3-17,22H,18H2,1-2H3,(H,27,28). The first-order valence-corrected chi connectivity index (χ1v) is 12.4. The lowest BCUT2D eigenvalue weighted by Gasteiger charge is -2.34. The van der Waals surface area contributed by atoms with E-state index in [1.54, 1.807) is 0 Å². The summed E-state index contributed by atoms with van der Waals surface area (Å²) in [5, 5.41) is 12.8. The van der Waals surface area contributed by atoms with Crippen LogP contribution >= 0.6 is 23.0 Å². The first kappa shape index (κ1) is 23.4. The smallest absolute Gasteiger partial charge is 0.322 e. The molecule has 1 atom stereocenters. The third-order valence-corrected chi connectivity index (χ3v) is 9.98. The summed E-state index contributed by atoms with van der Waals surface area (Å²) in [6.07, 6.45) is 0. The molecule has 31 heavy (non-hydrogen) atoms. The van der Waals surface area contributed by atoms with Gasteiger partial charge < -0.3 is 14.6 Å². The van der Waals surface area contributed by atoms with E-state index in [1.807, 2.05) is 54.6 Å². The molecule has 0 bridgehead atoms. The summed E-state index contributed by atoms with van der Waals surface area (Å²) in [4.78, 5) is 10.7. The van der Waals surface area contributed by atoms with E-state index in [4.69, 9.17) is 14.2 Å². The number of methoxy groups -OCH3 is 2. The van der Waals surface area contributed by atoms with Gasteiger partial charge in [-0.2, -0.15) is 0 Å². The van der Waals surface area contributed by atoms with Gasteiger partial charge in [-0.3, -0.25) is 9.54 Å². The summed E-state index contributed by atoms with van der Waals surface area (Å²) in [6, 6.07) is 30.3. The van der Waals surface area contributed by atoms with E-state index in [2.05, 4.69) is 52.3 Å². The van der Waals surface area contributed by atoms with Gasteiger partial charge in [-0.05, 0) is 0 Å². The van der Waals surface area contributed by atoms with Crippen molar-refractivity contribution in [1.82, 2.24) is 0 Å². The number of hydrogen-bond donors (Lipinski definition) is 1. The van der Waals surface area contributed by atoms with Crippen molar-refractivity contribution < 1.29 is 19.4 Å². The first-order valence-electron chi connectivity index (χ1n) is 9.72. The zero-order valence-electron chi connectivity index (χ0n) is 17.4. The maximum absolute atomic E-state index is 11.8. The van der Waals surface area contributed by atoms with Crippen molar-refractivity contribution in [2.45, 2.75) is 10.6 Å². The Morgan fingerprint density at radius 3 is 1.52 bits per heavy atom. The van der Waals surface area contributed by atoms with Crippen molar-refractivity contribution in [3.05, 3.63) is 91.0 Å². The molecule has 0 aromatic heterocycles. The van der Waals surface area contributed by atoms with Crippen molar-refractivity contribution in [2.24, 2.45) is 4.74 Å². The topological polar surface area (TPSA) is 68.1 Å². The van der Waals surface area contributed by atoms with Crippen molar-refractivity contribution >= 4 is 44.9 Å². The number of halogens is 1. The first-order chi connectivity index (χ1) is 15.0. The third kappa shape index (κ3) is 4.68. The molecule has 0 heterocycles. The van der Waals surface area contributed by atoms with Crippen molar-refractivity contribution in [1.29, 1.82) is 0 Å². The maximum atomic E-state index is 11.8. The number of carboxylic acids is 1. The lowest BCUT2D eigenvalue weighted by atomic mass is 10.2. The summed E-state index contributed by atoms with van der Waals surface area (Å²) in [6.45, 7) is 0.0225.